The van der Waals surface area contributed by atoms with Crippen LogP contribution in [0.4, 0.5) is 0 Å². The van der Waals surface area contributed by atoms with Crippen molar-refractivity contribution in [3.63, 3.8) is 0 Å². The molecule has 0 amide bonds. The van der Waals surface area contributed by atoms with Crippen molar-refractivity contribution in [3.8, 4) is 11.8 Å². The van der Waals surface area contributed by atoms with Crippen LogP contribution in [-0.2, 0) is 13.0 Å². The summed E-state index contributed by atoms with van der Waals surface area (Å²) in [6.45, 7) is 0.0491. The molecule has 2 aromatic carbocycles. The summed E-state index contributed by atoms with van der Waals surface area (Å²) in [4.78, 5) is 17.0. The van der Waals surface area contributed by atoms with Gasteiger partial charge in [0, 0.05) is 5.39 Å². The third-order valence-corrected chi connectivity index (χ3v) is 4.41. The molecule has 0 aliphatic rings. The van der Waals surface area contributed by atoms with Crippen molar-refractivity contribution in [1.29, 1.82) is 5.26 Å². The Morgan fingerprint density at radius 3 is 2.79 bits per heavy atom. The van der Waals surface area contributed by atoms with Crippen LogP contribution in [-0.4, -0.2) is 27.4 Å². The van der Waals surface area contributed by atoms with Crippen molar-refractivity contribution >= 4 is 22.1 Å². The highest BCUT2D eigenvalue weighted by atomic mass is 16.5. The van der Waals surface area contributed by atoms with Crippen molar-refractivity contribution in [2.24, 2.45) is 0 Å². The van der Waals surface area contributed by atoms with E-state index in [1.54, 1.807) is 30.3 Å². The molecule has 0 spiro atoms. The monoisotopic (exact) mass is 375 g/mol. The van der Waals surface area contributed by atoms with Crippen LogP contribution in [0.25, 0.3) is 22.1 Å². The van der Waals surface area contributed by atoms with Gasteiger partial charge in [-0.3, -0.25) is 9.36 Å². The fraction of sp³-hybridized carbons (Fsp3) is 0.190. The number of nitrogens with zero attached hydrogens (tertiary/aromatic N) is 3. The molecule has 1 atom stereocenters. The summed E-state index contributed by atoms with van der Waals surface area (Å²) in [6, 6.07) is 16.5. The van der Waals surface area contributed by atoms with Gasteiger partial charge in [-0.1, -0.05) is 24.3 Å². The molecule has 0 saturated heterocycles. The maximum Gasteiger partial charge on any atom is 0.297 e. The number of hydrogen-bond acceptors (Lipinski definition) is 6. The summed E-state index contributed by atoms with van der Waals surface area (Å²) in [5.41, 5.74) is 1.83. The smallest absolute Gasteiger partial charge is 0.297 e. The third-order valence-electron chi connectivity index (χ3n) is 4.41. The minimum atomic E-state index is -0.903. The van der Waals surface area contributed by atoms with Gasteiger partial charge in [0.1, 0.15) is 29.6 Å². The molecule has 0 radical (unpaired) electrons. The van der Waals surface area contributed by atoms with Crippen molar-refractivity contribution < 1.29 is 14.3 Å². The van der Waals surface area contributed by atoms with Gasteiger partial charge in [0.2, 0.25) is 5.58 Å². The van der Waals surface area contributed by atoms with Gasteiger partial charge in [-0.2, -0.15) is 5.26 Å². The highest BCUT2D eigenvalue weighted by Gasteiger charge is 2.15. The number of hydrogen-bond donors (Lipinski definition) is 1. The second kappa shape index (κ2) is 7.55. The summed E-state index contributed by atoms with van der Waals surface area (Å²) in [6.07, 6.45) is 0.843. The van der Waals surface area contributed by atoms with Crippen LogP contribution >= 0.6 is 0 Å². The number of rotatable bonds is 6. The highest BCUT2D eigenvalue weighted by molar-refractivity contribution is 6.01. The van der Waals surface area contributed by atoms with Crippen molar-refractivity contribution in [1.82, 2.24) is 9.55 Å². The molecule has 140 valence electrons. The Morgan fingerprint density at radius 1 is 1.21 bits per heavy atom. The van der Waals surface area contributed by atoms with E-state index in [1.165, 1.54) is 10.9 Å². The van der Waals surface area contributed by atoms with E-state index in [-0.39, 0.29) is 24.3 Å². The zero-order chi connectivity index (χ0) is 19.5. The average Bonchev–Trinajstić information content (AvgIpc) is 3.09. The largest absolute Gasteiger partial charge is 0.491 e. The van der Waals surface area contributed by atoms with Gasteiger partial charge in [0.05, 0.1) is 25.4 Å². The zero-order valence-corrected chi connectivity index (χ0v) is 14.9. The topological polar surface area (TPSA) is 101 Å². The first-order chi connectivity index (χ1) is 13.7. The maximum atomic E-state index is 12.7. The van der Waals surface area contributed by atoms with Crippen LogP contribution in [0.2, 0.25) is 0 Å². The predicted molar refractivity (Wildman–Crippen MR) is 103 cm³/mol. The number of benzene rings is 2. The van der Waals surface area contributed by atoms with Crippen molar-refractivity contribution in [2.45, 2.75) is 19.1 Å². The number of aliphatic hydroxyl groups excluding tert-OH is 1. The van der Waals surface area contributed by atoms with Crippen molar-refractivity contribution in [3.05, 3.63) is 70.8 Å². The molecule has 4 aromatic rings. The van der Waals surface area contributed by atoms with Gasteiger partial charge in [-0.15, -0.1) is 0 Å². The van der Waals surface area contributed by atoms with Gasteiger partial charge < -0.3 is 14.3 Å². The first kappa shape index (κ1) is 17.8. The third kappa shape index (κ3) is 3.46. The molecule has 7 heteroatoms. The van der Waals surface area contributed by atoms with Crippen LogP contribution in [0, 0.1) is 11.3 Å². The van der Waals surface area contributed by atoms with E-state index in [1.807, 2.05) is 18.2 Å². The van der Waals surface area contributed by atoms with Crippen LogP contribution in [0.3, 0.4) is 0 Å². The molecule has 0 aliphatic carbocycles. The number of fused-ring (bicyclic) bond motifs is 3. The Morgan fingerprint density at radius 2 is 2.00 bits per heavy atom. The van der Waals surface area contributed by atoms with E-state index >= 15 is 0 Å². The Bertz CT molecular complexity index is 1220. The van der Waals surface area contributed by atoms with E-state index in [9.17, 15) is 9.90 Å². The molecule has 7 nitrogen and oxygen atoms in total. The van der Waals surface area contributed by atoms with Crippen LogP contribution in [0.1, 0.15) is 5.56 Å². The minimum absolute atomic E-state index is 0.0161. The number of aliphatic hydroxyl groups is 1. The lowest BCUT2D eigenvalue weighted by molar-refractivity contribution is 0.0914. The molecule has 28 heavy (non-hydrogen) atoms. The normalized spacial score (nSPS) is 12.1. The van der Waals surface area contributed by atoms with E-state index < -0.39 is 6.10 Å². The standard InChI is InChI=1S/C21H17N3O4/c22-10-9-14-5-7-16(8-6-14)27-12-15(25)11-24-13-23-19-17-3-1-2-4-18(17)28-20(19)21(24)26/h1-8,13,15,25H,9,11-12H2. The molecule has 4 rings (SSSR count). The van der Waals surface area contributed by atoms with E-state index in [0.29, 0.717) is 23.3 Å². The predicted octanol–water partition coefficient (Wildman–Crippen LogP) is 2.65. The molecule has 0 aliphatic heterocycles. The quantitative estimate of drug-likeness (QED) is 0.556. The first-order valence-corrected chi connectivity index (χ1v) is 8.79. The number of nitriles is 1. The van der Waals surface area contributed by atoms with E-state index in [4.69, 9.17) is 14.4 Å². The van der Waals surface area contributed by atoms with Gasteiger partial charge in [-0.25, -0.2) is 4.98 Å². The molecule has 2 heterocycles. The number of para-hydroxylation sites is 1. The second-order valence-corrected chi connectivity index (χ2v) is 6.42. The molecular weight excluding hydrogens is 358 g/mol. The Labute approximate surface area is 160 Å². The number of furan rings is 1. The molecule has 0 saturated carbocycles. The molecule has 1 N–H and O–H groups in total. The zero-order valence-electron chi connectivity index (χ0n) is 14.9. The van der Waals surface area contributed by atoms with Crippen molar-refractivity contribution in [2.75, 3.05) is 6.61 Å². The number of ether oxygens (including phenoxy) is 1. The fourth-order valence-corrected chi connectivity index (χ4v) is 3.01. The summed E-state index contributed by atoms with van der Waals surface area (Å²) >= 11 is 0. The molecular formula is C21H17N3O4. The Balaban J connectivity index is 1.47. The highest BCUT2D eigenvalue weighted by Crippen LogP contribution is 2.24. The lowest BCUT2D eigenvalue weighted by Crippen LogP contribution is -2.30. The number of aromatic nitrogens is 2. The average molecular weight is 375 g/mol. The lowest BCUT2D eigenvalue weighted by Gasteiger charge is -2.13. The van der Waals surface area contributed by atoms with Crippen LogP contribution in [0.5, 0.6) is 5.75 Å². The van der Waals surface area contributed by atoms with E-state index in [0.717, 1.165) is 10.9 Å². The Kier molecular flexibility index (Phi) is 4.79. The van der Waals surface area contributed by atoms with Gasteiger partial charge in [0.15, 0.2) is 0 Å². The van der Waals surface area contributed by atoms with Crippen LogP contribution in [0.15, 0.2) is 64.1 Å². The fourth-order valence-electron chi connectivity index (χ4n) is 3.01. The summed E-state index contributed by atoms with van der Waals surface area (Å²) in [7, 11) is 0. The van der Waals surface area contributed by atoms with Crippen LogP contribution < -0.4 is 10.3 Å². The van der Waals surface area contributed by atoms with Gasteiger partial charge >= 0.3 is 0 Å². The SMILES string of the molecule is N#CCc1ccc(OCC(O)Cn2cnc3c(oc4ccccc43)c2=O)cc1. The first-order valence-electron chi connectivity index (χ1n) is 8.79. The summed E-state index contributed by atoms with van der Waals surface area (Å²) in [5, 5.41) is 19.7. The maximum absolute atomic E-state index is 12.7. The Hall–Kier alpha value is -3.63. The van der Waals surface area contributed by atoms with Gasteiger partial charge in [0.25, 0.3) is 5.56 Å². The lowest BCUT2D eigenvalue weighted by atomic mass is 10.2. The minimum Gasteiger partial charge on any atom is -0.491 e. The summed E-state index contributed by atoms with van der Waals surface area (Å²) < 4.78 is 12.5. The molecule has 0 bridgehead atoms. The van der Waals surface area contributed by atoms with E-state index in [2.05, 4.69) is 11.1 Å². The summed E-state index contributed by atoms with van der Waals surface area (Å²) in [5.74, 6) is 0.582. The second-order valence-electron chi connectivity index (χ2n) is 6.42. The molecule has 1 unspecified atom stereocenters. The molecule has 0 fully saturated rings. The molecule has 2 aromatic heterocycles. The van der Waals surface area contributed by atoms with Gasteiger partial charge in [-0.05, 0) is 29.8 Å².